The molecule has 0 bridgehead atoms. The average Bonchev–Trinajstić information content (AvgIpc) is 2.56. The Bertz CT molecular complexity index is 540. The fourth-order valence-corrected chi connectivity index (χ4v) is 2.67. The Morgan fingerprint density at radius 1 is 1.29 bits per heavy atom. The zero-order valence-electron chi connectivity index (χ0n) is 9.44. The molecular weight excluding hydrogens is 350 g/mol. The molecule has 6 heteroatoms. The molecule has 0 N–H and O–H groups in total. The van der Waals surface area contributed by atoms with Crippen LogP contribution in [0.15, 0.2) is 27.4 Å². The Balaban J connectivity index is 2.29. The van der Waals surface area contributed by atoms with Crippen molar-refractivity contribution in [2.75, 3.05) is 7.11 Å². The molecule has 0 saturated heterocycles. The highest BCUT2D eigenvalue weighted by molar-refractivity contribution is 9.11. The second kappa shape index (κ2) is 5.18. The van der Waals surface area contributed by atoms with Gasteiger partial charge in [-0.3, -0.25) is 9.67 Å². The van der Waals surface area contributed by atoms with Gasteiger partial charge >= 0.3 is 0 Å². The molecule has 2 rings (SSSR count). The van der Waals surface area contributed by atoms with Crippen molar-refractivity contribution < 1.29 is 4.74 Å². The van der Waals surface area contributed by atoms with Gasteiger partial charge in [0.1, 0.15) is 15.0 Å². The van der Waals surface area contributed by atoms with Crippen molar-refractivity contribution in [3.63, 3.8) is 0 Å². The predicted octanol–water partition coefficient (Wildman–Crippen LogP) is 3.17. The smallest absolute Gasteiger partial charge is 0.129 e. The maximum absolute atomic E-state index is 5.22. The minimum absolute atomic E-state index is 0.601. The van der Waals surface area contributed by atoms with Gasteiger partial charge in [0.2, 0.25) is 0 Å². The number of hydrogen-bond acceptors (Lipinski definition) is 3. The number of aromatic nitrogens is 3. The normalized spacial score (nSPS) is 10.6. The molecule has 0 radical (unpaired) electrons. The third kappa shape index (κ3) is 3.07. The molecule has 0 atom stereocenters. The van der Waals surface area contributed by atoms with Crippen LogP contribution in [0.5, 0.6) is 5.75 Å². The molecule has 2 aromatic heterocycles. The summed E-state index contributed by atoms with van der Waals surface area (Å²) in [7, 11) is 1.65. The highest BCUT2D eigenvalue weighted by atomic mass is 79.9. The van der Waals surface area contributed by atoms with Gasteiger partial charge in [-0.25, -0.2) is 0 Å². The van der Waals surface area contributed by atoms with Gasteiger partial charge in [-0.2, -0.15) is 5.10 Å². The number of rotatable bonds is 3. The maximum atomic E-state index is 5.22. The largest absolute Gasteiger partial charge is 0.497 e. The Morgan fingerprint density at radius 2 is 2.06 bits per heavy atom. The molecule has 4 nitrogen and oxygen atoms in total. The third-order valence-corrected chi connectivity index (χ3v) is 3.25. The number of nitrogens with zero attached hydrogens (tertiary/aromatic N) is 3. The van der Waals surface area contributed by atoms with Crippen LogP contribution in [-0.2, 0) is 6.54 Å². The van der Waals surface area contributed by atoms with Gasteiger partial charge in [0.05, 0.1) is 19.3 Å². The van der Waals surface area contributed by atoms with Crippen LogP contribution in [0.3, 0.4) is 0 Å². The summed E-state index contributed by atoms with van der Waals surface area (Å²) < 4.78 is 8.75. The number of methoxy groups -OCH3 is 1. The van der Waals surface area contributed by atoms with Crippen LogP contribution in [0, 0.1) is 6.92 Å². The SMILES string of the molecule is COc1cc(C)nc(Cn2nc(Br)cc2Br)c1. The highest BCUT2D eigenvalue weighted by Gasteiger charge is 2.06. The van der Waals surface area contributed by atoms with E-state index in [0.717, 1.165) is 26.3 Å². The monoisotopic (exact) mass is 359 g/mol. The van der Waals surface area contributed by atoms with Crippen LogP contribution in [-0.4, -0.2) is 21.9 Å². The zero-order valence-corrected chi connectivity index (χ0v) is 12.6. The number of hydrogen-bond donors (Lipinski definition) is 0. The molecule has 17 heavy (non-hydrogen) atoms. The van der Waals surface area contributed by atoms with E-state index in [1.807, 2.05) is 29.8 Å². The van der Waals surface area contributed by atoms with Gasteiger partial charge < -0.3 is 4.74 Å². The second-order valence-corrected chi connectivity index (χ2v) is 5.21. The van der Waals surface area contributed by atoms with E-state index in [0.29, 0.717) is 6.54 Å². The lowest BCUT2D eigenvalue weighted by Crippen LogP contribution is -2.05. The highest BCUT2D eigenvalue weighted by Crippen LogP contribution is 2.19. The van der Waals surface area contributed by atoms with Crippen molar-refractivity contribution in [3.8, 4) is 5.75 Å². The molecule has 0 amide bonds. The first-order chi connectivity index (χ1) is 8.08. The van der Waals surface area contributed by atoms with E-state index < -0.39 is 0 Å². The van der Waals surface area contributed by atoms with Gasteiger partial charge in [0.15, 0.2) is 0 Å². The summed E-state index contributed by atoms with van der Waals surface area (Å²) in [6.07, 6.45) is 0. The van der Waals surface area contributed by atoms with Crippen molar-refractivity contribution in [3.05, 3.63) is 38.8 Å². The molecule has 0 fully saturated rings. The van der Waals surface area contributed by atoms with E-state index in [-0.39, 0.29) is 0 Å². The number of ether oxygens (including phenoxy) is 1. The van der Waals surface area contributed by atoms with Gasteiger partial charge in [0.25, 0.3) is 0 Å². The van der Waals surface area contributed by atoms with Crippen LogP contribution in [0.2, 0.25) is 0 Å². The topological polar surface area (TPSA) is 39.9 Å². The summed E-state index contributed by atoms with van der Waals surface area (Å²) >= 11 is 6.77. The van der Waals surface area contributed by atoms with E-state index in [9.17, 15) is 0 Å². The Morgan fingerprint density at radius 3 is 2.65 bits per heavy atom. The fraction of sp³-hybridized carbons (Fsp3) is 0.273. The van der Waals surface area contributed by atoms with E-state index in [1.54, 1.807) is 7.11 Å². The fourth-order valence-electron chi connectivity index (χ4n) is 1.53. The van der Waals surface area contributed by atoms with E-state index in [4.69, 9.17) is 4.74 Å². The summed E-state index contributed by atoms with van der Waals surface area (Å²) in [5.74, 6) is 0.815. The first-order valence-corrected chi connectivity index (χ1v) is 6.57. The third-order valence-electron chi connectivity index (χ3n) is 2.23. The zero-order chi connectivity index (χ0) is 12.4. The minimum Gasteiger partial charge on any atom is -0.497 e. The van der Waals surface area contributed by atoms with Crippen LogP contribution in [0.1, 0.15) is 11.4 Å². The lowest BCUT2D eigenvalue weighted by Gasteiger charge is -2.07. The van der Waals surface area contributed by atoms with Gasteiger partial charge in [-0.1, -0.05) is 0 Å². The van der Waals surface area contributed by atoms with Crippen molar-refractivity contribution in [1.82, 2.24) is 14.8 Å². The van der Waals surface area contributed by atoms with Crippen molar-refractivity contribution in [1.29, 1.82) is 0 Å². The maximum Gasteiger partial charge on any atom is 0.129 e. The Labute approximate surface area is 116 Å². The predicted molar refractivity (Wildman–Crippen MR) is 72.3 cm³/mol. The molecular formula is C11H11Br2N3O. The van der Waals surface area contributed by atoms with Crippen LogP contribution in [0.4, 0.5) is 0 Å². The Hall–Kier alpha value is -0.880. The van der Waals surface area contributed by atoms with Crippen molar-refractivity contribution in [2.45, 2.75) is 13.5 Å². The van der Waals surface area contributed by atoms with Crippen LogP contribution >= 0.6 is 31.9 Å². The molecule has 0 aromatic carbocycles. The number of aryl methyl sites for hydroxylation is 1. The first kappa shape index (κ1) is 12.6. The van der Waals surface area contributed by atoms with Gasteiger partial charge in [0, 0.05) is 23.9 Å². The first-order valence-electron chi connectivity index (χ1n) is 4.99. The molecule has 0 saturated carbocycles. The summed E-state index contributed by atoms with van der Waals surface area (Å²) in [5.41, 5.74) is 1.85. The molecule has 0 aliphatic carbocycles. The van der Waals surface area contributed by atoms with E-state index in [1.165, 1.54) is 0 Å². The molecule has 0 spiro atoms. The van der Waals surface area contributed by atoms with Gasteiger partial charge in [-0.15, -0.1) is 0 Å². The average molecular weight is 361 g/mol. The molecule has 0 aliphatic rings. The molecule has 90 valence electrons. The van der Waals surface area contributed by atoms with Crippen molar-refractivity contribution in [2.24, 2.45) is 0 Å². The summed E-state index contributed by atoms with van der Waals surface area (Å²) in [6, 6.07) is 5.71. The standard InChI is InChI=1S/C11H11Br2N3O/c1-7-3-9(17-2)4-8(14-7)6-16-11(13)5-10(12)15-16/h3-5H,6H2,1-2H3. The molecule has 0 aliphatic heterocycles. The summed E-state index contributed by atoms with van der Waals surface area (Å²) in [5, 5.41) is 4.30. The molecule has 2 heterocycles. The molecule has 0 unspecified atom stereocenters. The summed E-state index contributed by atoms with van der Waals surface area (Å²) in [4.78, 5) is 4.45. The van der Waals surface area contributed by atoms with Gasteiger partial charge in [-0.05, 0) is 38.8 Å². The summed E-state index contributed by atoms with van der Waals surface area (Å²) in [6.45, 7) is 2.55. The lowest BCUT2D eigenvalue weighted by molar-refractivity contribution is 0.412. The molecule has 2 aromatic rings. The number of pyridine rings is 1. The minimum atomic E-state index is 0.601. The van der Waals surface area contributed by atoms with Crippen LogP contribution < -0.4 is 4.74 Å². The Kier molecular flexibility index (Phi) is 3.83. The second-order valence-electron chi connectivity index (χ2n) is 3.59. The number of halogens is 2. The lowest BCUT2D eigenvalue weighted by atomic mass is 10.3. The van der Waals surface area contributed by atoms with E-state index in [2.05, 4.69) is 41.9 Å². The van der Waals surface area contributed by atoms with E-state index >= 15 is 0 Å². The van der Waals surface area contributed by atoms with Crippen LogP contribution in [0.25, 0.3) is 0 Å². The van der Waals surface area contributed by atoms with Crippen molar-refractivity contribution >= 4 is 31.9 Å². The quantitative estimate of drug-likeness (QED) is 0.843.